The van der Waals surface area contributed by atoms with Gasteiger partial charge in [0.1, 0.15) is 0 Å². The maximum absolute atomic E-state index is 13.1. The summed E-state index contributed by atoms with van der Waals surface area (Å²) in [7, 11) is 0. The Morgan fingerprint density at radius 2 is 2.25 bits per heavy atom. The summed E-state index contributed by atoms with van der Waals surface area (Å²) in [5.74, 6) is -1.82. The first-order chi connectivity index (χ1) is 9.56. The van der Waals surface area contributed by atoms with E-state index in [1.54, 1.807) is 6.92 Å². The summed E-state index contributed by atoms with van der Waals surface area (Å²) in [6, 6.07) is 2.82. The summed E-state index contributed by atoms with van der Waals surface area (Å²) in [6.45, 7) is 2.90. The lowest BCUT2D eigenvalue weighted by Gasteiger charge is -2.16. The normalized spacial score (nSPS) is 19.6. The molecule has 1 saturated heterocycles. The van der Waals surface area contributed by atoms with Crippen LogP contribution < -0.4 is 10.6 Å². The molecule has 6 heteroatoms. The van der Waals surface area contributed by atoms with Gasteiger partial charge in [-0.2, -0.15) is 0 Å². The molecule has 0 bridgehead atoms. The largest absolute Gasteiger partial charge is 0.376 e. The molecular formula is C14H18F2N2O2. The summed E-state index contributed by atoms with van der Waals surface area (Å²) < 4.78 is 31.3. The van der Waals surface area contributed by atoms with Crippen molar-refractivity contribution in [3.05, 3.63) is 35.4 Å². The van der Waals surface area contributed by atoms with Crippen molar-refractivity contribution in [2.45, 2.75) is 31.9 Å². The van der Waals surface area contributed by atoms with Crippen molar-refractivity contribution in [2.75, 3.05) is 13.2 Å². The molecule has 1 fully saturated rings. The summed E-state index contributed by atoms with van der Waals surface area (Å²) in [4.78, 5) is 11.7. The molecule has 20 heavy (non-hydrogen) atoms. The van der Waals surface area contributed by atoms with E-state index in [1.807, 2.05) is 0 Å². The molecule has 0 spiro atoms. The third-order valence-corrected chi connectivity index (χ3v) is 3.31. The predicted octanol–water partition coefficient (Wildman–Crippen LogP) is 2.50. The highest BCUT2D eigenvalue weighted by Gasteiger charge is 2.17. The van der Waals surface area contributed by atoms with Gasteiger partial charge in [0.2, 0.25) is 0 Å². The second kappa shape index (κ2) is 6.65. The Bertz CT molecular complexity index is 476. The molecule has 1 aliphatic heterocycles. The fourth-order valence-corrected chi connectivity index (χ4v) is 2.12. The Morgan fingerprint density at radius 3 is 2.90 bits per heavy atom. The van der Waals surface area contributed by atoms with Crippen LogP contribution in [-0.2, 0) is 4.74 Å². The second-order valence-corrected chi connectivity index (χ2v) is 4.88. The molecule has 2 amide bonds. The highest BCUT2D eigenvalue weighted by molar-refractivity contribution is 5.74. The minimum atomic E-state index is -0.920. The van der Waals surface area contributed by atoms with Gasteiger partial charge < -0.3 is 15.4 Å². The number of hydrogen-bond acceptors (Lipinski definition) is 2. The third-order valence-electron chi connectivity index (χ3n) is 3.31. The van der Waals surface area contributed by atoms with E-state index in [4.69, 9.17) is 4.74 Å². The number of nitrogens with one attached hydrogen (secondary N) is 2. The molecule has 2 atom stereocenters. The van der Waals surface area contributed by atoms with Crippen LogP contribution in [0.5, 0.6) is 0 Å². The smallest absolute Gasteiger partial charge is 0.315 e. The van der Waals surface area contributed by atoms with Crippen molar-refractivity contribution in [1.82, 2.24) is 10.6 Å². The first kappa shape index (κ1) is 14.7. The number of carbonyl (C=O) groups excluding carboxylic acids is 1. The van der Waals surface area contributed by atoms with Crippen LogP contribution in [0, 0.1) is 11.6 Å². The summed E-state index contributed by atoms with van der Waals surface area (Å²) in [6.07, 6.45) is 2.03. The molecule has 0 aromatic heterocycles. The first-order valence-electron chi connectivity index (χ1n) is 6.67. The van der Waals surface area contributed by atoms with Crippen LogP contribution in [0.3, 0.4) is 0 Å². The minimum Gasteiger partial charge on any atom is -0.376 e. The minimum absolute atomic E-state index is 0.0688. The van der Waals surface area contributed by atoms with E-state index in [-0.39, 0.29) is 12.1 Å². The van der Waals surface area contributed by atoms with E-state index in [0.717, 1.165) is 31.6 Å². The maximum atomic E-state index is 13.1. The van der Waals surface area contributed by atoms with Crippen molar-refractivity contribution in [3.8, 4) is 0 Å². The molecule has 2 unspecified atom stereocenters. The molecule has 1 heterocycles. The van der Waals surface area contributed by atoms with E-state index in [9.17, 15) is 13.6 Å². The summed E-state index contributed by atoms with van der Waals surface area (Å²) >= 11 is 0. The Hall–Kier alpha value is -1.69. The van der Waals surface area contributed by atoms with Crippen LogP contribution in [0.4, 0.5) is 13.6 Å². The lowest BCUT2D eigenvalue weighted by Crippen LogP contribution is -2.40. The first-order valence-corrected chi connectivity index (χ1v) is 6.67. The molecule has 0 radical (unpaired) electrons. The van der Waals surface area contributed by atoms with E-state index in [2.05, 4.69) is 10.6 Å². The van der Waals surface area contributed by atoms with Gasteiger partial charge in [-0.25, -0.2) is 13.6 Å². The van der Waals surface area contributed by atoms with Gasteiger partial charge in [0.15, 0.2) is 11.6 Å². The zero-order valence-corrected chi connectivity index (χ0v) is 11.3. The number of urea groups is 1. The summed E-state index contributed by atoms with van der Waals surface area (Å²) in [5, 5.41) is 5.38. The van der Waals surface area contributed by atoms with Gasteiger partial charge in [-0.05, 0) is 37.5 Å². The van der Waals surface area contributed by atoms with Crippen LogP contribution in [0.15, 0.2) is 18.2 Å². The fraction of sp³-hybridized carbons (Fsp3) is 0.500. The van der Waals surface area contributed by atoms with Crippen LogP contribution in [-0.4, -0.2) is 25.3 Å². The number of hydrogen-bond donors (Lipinski definition) is 2. The number of carbonyl (C=O) groups is 1. The monoisotopic (exact) mass is 284 g/mol. The second-order valence-electron chi connectivity index (χ2n) is 4.88. The van der Waals surface area contributed by atoms with E-state index in [0.29, 0.717) is 12.1 Å². The quantitative estimate of drug-likeness (QED) is 0.892. The highest BCUT2D eigenvalue weighted by Crippen LogP contribution is 2.16. The number of benzene rings is 1. The Labute approximate surface area is 116 Å². The van der Waals surface area contributed by atoms with Gasteiger partial charge in [-0.15, -0.1) is 0 Å². The maximum Gasteiger partial charge on any atom is 0.315 e. The lowest BCUT2D eigenvalue weighted by atomic mass is 10.1. The van der Waals surface area contributed by atoms with Gasteiger partial charge in [-0.3, -0.25) is 0 Å². The standard InChI is InChI=1S/C14H18F2N2O2/c1-9(10-4-5-12(15)13(16)7-10)18-14(19)17-8-11-3-2-6-20-11/h4-5,7,9,11H,2-3,6,8H2,1H3,(H2,17,18,19). The van der Waals surface area contributed by atoms with Crippen molar-refractivity contribution in [1.29, 1.82) is 0 Å². The van der Waals surface area contributed by atoms with Gasteiger partial charge in [-0.1, -0.05) is 6.07 Å². The zero-order chi connectivity index (χ0) is 14.5. The van der Waals surface area contributed by atoms with Crippen molar-refractivity contribution in [3.63, 3.8) is 0 Å². The number of rotatable bonds is 4. The molecule has 2 N–H and O–H groups in total. The molecule has 4 nitrogen and oxygen atoms in total. The average molecular weight is 284 g/mol. The van der Waals surface area contributed by atoms with Gasteiger partial charge in [0.25, 0.3) is 0 Å². The molecule has 110 valence electrons. The van der Waals surface area contributed by atoms with Crippen LogP contribution in [0.1, 0.15) is 31.4 Å². The lowest BCUT2D eigenvalue weighted by molar-refractivity contribution is 0.111. The molecule has 2 rings (SSSR count). The SMILES string of the molecule is CC(NC(=O)NCC1CCCO1)c1ccc(F)c(F)c1. The van der Waals surface area contributed by atoms with E-state index < -0.39 is 17.7 Å². The van der Waals surface area contributed by atoms with Crippen LogP contribution in [0.2, 0.25) is 0 Å². The predicted molar refractivity (Wildman–Crippen MR) is 70.3 cm³/mol. The number of ether oxygens (including phenoxy) is 1. The summed E-state index contributed by atoms with van der Waals surface area (Å²) in [5.41, 5.74) is 0.510. The molecule has 1 aromatic rings. The zero-order valence-electron chi connectivity index (χ0n) is 11.3. The highest BCUT2D eigenvalue weighted by atomic mass is 19.2. The molecule has 1 aromatic carbocycles. The van der Waals surface area contributed by atoms with Crippen molar-refractivity contribution in [2.24, 2.45) is 0 Å². The Kier molecular flexibility index (Phi) is 4.89. The van der Waals surface area contributed by atoms with Gasteiger partial charge in [0, 0.05) is 13.2 Å². The fourth-order valence-electron chi connectivity index (χ4n) is 2.12. The molecule has 0 aliphatic carbocycles. The third kappa shape index (κ3) is 3.90. The van der Waals surface area contributed by atoms with E-state index >= 15 is 0 Å². The number of amides is 2. The van der Waals surface area contributed by atoms with Crippen LogP contribution in [0.25, 0.3) is 0 Å². The average Bonchev–Trinajstić information content (AvgIpc) is 2.92. The van der Waals surface area contributed by atoms with Crippen LogP contribution >= 0.6 is 0 Å². The topological polar surface area (TPSA) is 50.4 Å². The van der Waals surface area contributed by atoms with Crippen molar-refractivity contribution >= 4 is 6.03 Å². The molecular weight excluding hydrogens is 266 g/mol. The van der Waals surface area contributed by atoms with Crippen molar-refractivity contribution < 1.29 is 18.3 Å². The Morgan fingerprint density at radius 1 is 1.45 bits per heavy atom. The van der Waals surface area contributed by atoms with E-state index in [1.165, 1.54) is 6.07 Å². The van der Waals surface area contributed by atoms with Gasteiger partial charge in [0.05, 0.1) is 12.1 Å². The molecule has 1 aliphatic rings. The number of halogens is 2. The Balaban J connectivity index is 1.81. The molecule has 0 saturated carbocycles. The van der Waals surface area contributed by atoms with Gasteiger partial charge >= 0.3 is 6.03 Å².